The Bertz CT molecular complexity index is 1110. The van der Waals surface area contributed by atoms with Crippen molar-refractivity contribution < 1.29 is 23.5 Å². The van der Waals surface area contributed by atoms with E-state index < -0.39 is 24.1 Å². The van der Waals surface area contributed by atoms with Crippen molar-refractivity contribution in [1.29, 1.82) is 0 Å². The van der Waals surface area contributed by atoms with Gasteiger partial charge in [0.15, 0.2) is 0 Å². The molecule has 0 bridgehead atoms. The fourth-order valence-corrected chi connectivity index (χ4v) is 5.13. The number of carbonyl (C=O) groups is 2. The Labute approximate surface area is 197 Å². The van der Waals surface area contributed by atoms with E-state index in [-0.39, 0.29) is 18.7 Å². The van der Waals surface area contributed by atoms with Crippen molar-refractivity contribution in [3.63, 3.8) is 0 Å². The van der Waals surface area contributed by atoms with E-state index in [4.69, 9.17) is 9.47 Å². The third-order valence-corrected chi connectivity index (χ3v) is 6.85. The highest BCUT2D eigenvalue weighted by Crippen LogP contribution is 2.38. The van der Waals surface area contributed by atoms with Crippen molar-refractivity contribution in [3.05, 3.63) is 53.8 Å². The van der Waals surface area contributed by atoms with Gasteiger partial charge in [-0.3, -0.25) is 19.9 Å². The second kappa shape index (κ2) is 8.77. The molecule has 3 unspecified atom stereocenters. The van der Waals surface area contributed by atoms with Gasteiger partial charge in [0, 0.05) is 31.8 Å². The average Bonchev–Trinajstić information content (AvgIpc) is 3.26. The molecule has 3 saturated heterocycles. The van der Waals surface area contributed by atoms with Crippen LogP contribution < -0.4 is 19.7 Å². The number of imide groups is 1. The minimum atomic E-state index is -0.577. The number of likely N-dealkylation sites (N-methyl/N-ethyl adjacent to an activating group) is 1. The van der Waals surface area contributed by atoms with Crippen molar-refractivity contribution in [3.8, 4) is 11.5 Å². The fourth-order valence-electron chi connectivity index (χ4n) is 5.13. The van der Waals surface area contributed by atoms with Crippen LogP contribution in [0, 0.1) is 5.82 Å². The van der Waals surface area contributed by atoms with Gasteiger partial charge >= 0.3 is 6.03 Å². The molecule has 1 N–H and O–H groups in total. The Morgan fingerprint density at radius 2 is 1.88 bits per heavy atom. The van der Waals surface area contributed by atoms with Gasteiger partial charge in [-0.15, -0.1) is 0 Å². The summed E-state index contributed by atoms with van der Waals surface area (Å²) in [6.45, 7) is 1.34. The summed E-state index contributed by atoms with van der Waals surface area (Å²) in [4.78, 5) is 33.6. The second-order valence-corrected chi connectivity index (χ2v) is 8.66. The first kappa shape index (κ1) is 22.4. The predicted octanol–water partition coefficient (Wildman–Crippen LogP) is 2.03. The van der Waals surface area contributed by atoms with E-state index in [2.05, 4.69) is 15.1 Å². The number of methoxy groups -OCH3 is 2. The van der Waals surface area contributed by atoms with Crippen molar-refractivity contribution in [2.45, 2.75) is 31.5 Å². The molecule has 0 aromatic heterocycles. The number of nitrogens with one attached hydrogen (secondary N) is 1. The maximum absolute atomic E-state index is 14.3. The van der Waals surface area contributed by atoms with Crippen molar-refractivity contribution >= 4 is 17.6 Å². The molecule has 34 heavy (non-hydrogen) atoms. The van der Waals surface area contributed by atoms with Crippen molar-refractivity contribution in [2.24, 2.45) is 0 Å². The van der Waals surface area contributed by atoms with Crippen LogP contribution >= 0.6 is 0 Å². The number of urea groups is 1. The molecule has 5 rings (SSSR count). The Morgan fingerprint density at radius 1 is 1.09 bits per heavy atom. The number of nitrogens with zero attached hydrogens (tertiary/aromatic N) is 4. The fraction of sp³-hybridized carbons (Fsp3) is 0.417. The van der Waals surface area contributed by atoms with Crippen LogP contribution in [0.25, 0.3) is 0 Å². The highest BCUT2D eigenvalue weighted by Gasteiger charge is 2.56. The van der Waals surface area contributed by atoms with Crippen LogP contribution in [-0.2, 0) is 11.3 Å². The number of halogens is 1. The van der Waals surface area contributed by atoms with E-state index in [1.165, 1.54) is 11.0 Å². The molecule has 0 radical (unpaired) electrons. The number of fused-ring (bicyclic) bond motifs is 3. The van der Waals surface area contributed by atoms with E-state index in [0.717, 1.165) is 23.6 Å². The lowest BCUT2D eigenvalue weighted by molar-refractivity contribution is -0.139. The van der Waals surface area contributed by atoms with E-state index in [1.54, 1.807) is 39.5 Å². The smallest absolute Gasteiger partial charge is 0.328 e. The van der Waals surface area contributed by atoms with Gasteiger partial charge in [0.05, 0.1) is 26.5 Å². The molecule has 3 heterocycles. The predicted molar refractivity (Wildman–Crippen MR) is 123 cm³/mol. The topological polar surface area (TPSA) is 77.6 Å². The number of benzene rings is 2. The number of anilines is 1. The summed E-state index contributed by atoms with van der Waals surface area (Å²) in [6.07, 6.45) is 0.0276. The molecule has 3 aliphatic heterocycles. The van der Waals surface area contributed by atoms with Gasteiger partial charge in [0.2, 0.25) is 0 Å². The van der Waals surface area contributed by atoms with E-state index in [9.17, 15) is 14.0 Å². The number of carbonyl (C=O) groups excluding carboxylic acids is 2. The van der Waals surface area contributed by atoms with E-state index in [1.807, 2.05) is 18.2 Å². The molecule has 9 nitrogen and oxygen atoms in total. The molecule has 3 aliphatic rings. The van der Waals surface area contributed by atoms with Crippen LogP contribution in [-0.4, -0.2) is 79.5 Å². The first-order valence-electron chi connectivity index (χ1n) is 11.3. The van der Waals surface area contributed by atoms with Gasteiger partial charge in [0.1, 0.15) is 35.8 Å². The molecule has 0 aliphatic carbocycles. The standard InChI is InChI=1S/C24H28FN5O4/c1-27-21-20(22(31)30(24(27)32)14-15-7-4-5-8-17(15)25)29-12-6-11-28(23(29)26-21)18-10-9-16(33-2)13-19(18)34-3/h4-5,7-10,13,20-21,23,26H,6,11-12,14H2,1-3H3. The molecular formula is C24H28FN5O4. The van der Waals surface area contributed by atoms with Crippen LogP contribution in [0.1, 0.15) is 12.0 Å². The van der Waals surface area contributed by atoms with E-state index in [0.29, 0.717) is 23.6 Å². The lowest BCUT2D eigenvalue weighted by Gasteiger charge is -2.44. The zero-order chi connectivity index (χ0) is 24.0. The third kappa shape index (κ3) is 3.54. The van der Waals surface area contributed by atoms with Crippen LogP contribution in [0.2, 0.25) is 0 Å². The summed E-state index contributed by atoms with van der Waals surface area (Å²) in [7, 11) is 4.88. The number of rotatable bonds is 5. The summed E-state index contributed by atoms with van der Waals surface area (Å²) in [5, 5.41) is 3.48. The first-order chi connectivity index (χ1) is 16.4. The molecular weight excluding hydrogens is 441 g/mol. The molecule has 180 valence electrons. The summed E-state index contributed by atoms with van der Waals surface area (Å²) >= 11 is 0. The highest BCUT2D eigenvalue weighted by atomic mass is 19.1. The maximum Gasteiger partial charge on any atom is 0.328 e. The van der Waals surface area contributed by atoms with Crippen molar-refractivity contribution in [2.75, 3.05) is 39.3 Å². The van der Waals surface area contributed by atoms with Crippen molar-refractivity contribution in [1.82, 2.24) is 20.0 Å². The Balaban J connectivity index is 1.45. The molecule has 0 saturated carbocycles. The number of amides is 3. The summed E-state index contributed by atoms with van der Waals surface area (Å²) in [5.74, 6) is 0.586. The van der Waals surface area contributed by atoms with Gasteiger partial charge < -0.3 is 19.3 Å². The first-order valence-corrected chi connectivity index (χ1v) is 11.3. The minimum Gasteiger partial charge on any atom is -0.497 e. The van der Waals surface area contributed by atoms with Gasteiger partial charge in [0.25, 0.3) is 5.91 Å². The Morgan fingerprint density at radius 3 is 2.62 bits per heavy atom. The highest BCUT2D eigenvalue weighted by molar-refractivity contribution is 6.00. The molecule has 10 heteroatoms. The van der Waals surface area contributed by atoms with E-state index >= 15 is 0 Å². The van der Waals surface area contributed by atoms with Crippen LogP contribution in [0.4, 0.5) is 14.9 Å². The third-order valence-electron chi connectivity index (χ3n) is 6.85. The summed E-state index contributed by atoms with van der Waals surface area (Å²) in [5.41, 5.74) is 1.18. The lowest BCUT2D eigenvalue weighted by atomic mass is 10.1. The minimum absolute atomic E-state index is 0.105. The van der Waals surface area contributed by atoms with Crippen LogP contribution in [0.15, 0.2) is 42.5 Å². The van der Waals surface area contributed by atoms with Gasteiger partial charge in [-0.25, -0.2) is 9.18 Å². The van der Waals surface area contributed by atoms with Crippen LogP contribution in [0.5, 0.6) is 11.5 Å². The number of ether oxygens (including phenoxy) is 2. The average molecular weight is 470 g/mol. The largest absolute Gasteiger partial charge is 0.497 e. The normalized spacial score (nSPS) is 24.8. The molecule has 0 spiro atoms. The Hall–Kier alpha value is -3.37. The molecule has 2 aromatic rings. The molecule has 3 fully saturated rings. The second-order valence-electron chi connectivity index (χ2n) is 8.66. The SMILES string of the molecule is COc1ccc(N2CCCN3C4C(=O)N(Cc5ccccc5F)C(=O)N(C)C4NC23)c(OC)c1. The molecule has 3 amide bonds. The Kier molecular flexibility index (Phi) is 5.78. The molecule has 3 atom stereocenters. The van der Waals surface area contributed by atoms with Crippen LogP contribution in [0.3, 0.4) is 0 Å². The lowest BCUT2D eigenvalue weighted by Crippen LogP contribution is -2.66. The zero-order valence-electron chi connectivity index (χ0n) is 19.4. The zero-order valence-corrected chi connectivity index (χ0v) is 19.4. The number of hydrogen-bond donors (Lipinski definition) is 1. The quantitative estimate of drug-likeness (QED) is 0.718. The number of hydrogen-bond acceptors (Lipinski definition) is 7. The molecule has 2 aromatic carbocycles. The summed E-state index contributed by atoms with van der Waals surface area (Å²) in [6, 6.07) is 10.8. The maximum atomic E-state index is 14.3. The monoisotopic (exact) mass is 469 g/mol. The van der Waals surface area contributed by atoms with Gasteiger partial charge in [-0.2, -0.15) is 0 Å². The van der Waals surface area contributed by atoms with Gasteiger partial charge in [-0.05, 0) is 24.6 Å². The van der Waals surface area contributed by atoms with Gasteiger partial charge in [-0.1, -0.05) is 18.2 Å². The summed E-state index contributed by atoms with van der Waals surface area (Å²) < 4.78 is 25.2.